The number of aromatic nitrogens is 6. The summed E-state index contributed by atoms with van der Waals surface area (Å²) in [5, 5.41) is 16.0. The Morgan fingerprint density at radius 2 is 2.21 bits per heavy atom. The molecule has 3 heterocycles. The number of rotatable bonds is 3. The summed E-state index contributed by atoms with van der Waals surface area (Å²) < 4.78 is 3.48. The molecule has 3 aromatic rings. The topological polar surface area (TPSA) is 72.9 Å². The maximum absolute atomic E-state index is 5.91. The van der Waals surface area contributed by atoms with E-state index in [-0.39, 0.29) is 6.04 Å². The van der Waals surface area contributed by atoms with Crippen LogP contribution in [0.15, 0.2) is 24.7 Å². The van der Waals surface area contributed by atoms with E-state index in [9.17, 15) is 0 Å². The highest BCUT2D eigenvalue weighted by molar-refractivity contribution is 6.30. The van der Waals surface area contributed by atoms with E-state index in [1.165, 1.54) is 0 Å². The zero-order valence-corrected chi connectivity index (χ0v) is 11.2. The van der Waals surface area contributed by atoms with Crippen LogP contribution in [0.1, 0.15) is 18.8 Å². The van der Waals surface area contributed by atoms with E-state index < -0.39 is 0 Å². The molecule has 0 aliphatic heterocycles. The Morgan fingerprint density at radius 1 is 1.37 bits per heavy atom. The Bertz CT molecular complexity index is 717. The quantitative estimate of drug-likeness (QED) is 0.789. The molecule has 0 spiro atoms. The van der Waals surface area contributed by atoms with Crippen molar-refractivity contribution in [2.24, 2.45) is 7.05 Å². The fourth-order valence-electron chi connectivity index (χ4n) is 1.86. The lowest BCUT2D eigenvalue weighted by molar-refractivity contribution is 0.712. The van der Waals surface area contributed by atoms with Crippen molar-refractivity contribution in [1.29, 1.82) is 0 Å². The molecule has 0 bridgehead atoms. The third-order valence-corrected chi connectivity index (χ3v) is 3.00. The number of aryl methyl sites for hydroxylation is 1. The van der Waals surface area contributed by atoms with Crippen LogP contribution < -0.4 is 5.32 Å². The summed E-state index contributed by atoms with van der Waals surface area (Å²) in [5.74, 6) is 1.34. The van der Waals surface area contributed by atoms with Crippen molar-refractivity contribution in [1.82, 2.24) is 29.4 Å². The Hall–Kier alpha value is -2.15. The van der Waals surface area contributed by atoms with Crippen LogP contribution in [0, 0.1) is 0 Å². The van der Waals surface area contributed by atoms with Gasteiger partial charge in [0.15, 0.2) is 11.5 Å². The molecule has 1 atom stereocenters. The van der Waals surface area contributed by atoms with E-state index in [0.717, 1.165) is 11.5 Å². The summed E-state index contributed by atoms with van der Waals surface area (Å²) >= 11 is 5.91. The van der Waals surface area contributed by atoms with Crippen molar-refractivity contribution in [3.63, 3.8) is 0 Å². The first-order valence-corrected chi connectivity index (χ1v) is 6.13. The second kappa shape index (κ2) is 4.51. The Morgan fingerprint density at radius 3 is 2.95 bits per heavy atom. The molecule has 3 aromatic heterocycles. The van der Waals surface area contributed by atoms with Crippen LogP contribution in [-0.4, -0.2) is 29.4 Å². The first-order valence-electron chi connectivity index (χ1n) is 5.76. The van der Waals surface area contributed by atoms with E-state index >= 15 is 0 Å². The number of halogens is 1. The molecule has 0 aromatic carbocycles. The largest absolute Gasteiger partial charge is 0.343 e. The summed E-state index contributed by atoms with van der Waals surface area (Å²) in [6, 6.07) is 3.55. The fraction of sp³-hybridized carbons (Fsp3) is 0.273. The van der Waals surface area contributed by atoms with Crippen molar-refractivity contribution in [3.05, 3.63) is 35.5 Å². The van der Waals surface area contributed by atoms with Crippen LogP contribution in [0.25, 0.3) is 5.65 Å². The first-order chi connectivity index (χ1) is 9.13. The summed E-state index contributed by atoms with van der Waals surface area (Å²) in [7, 11) is 1.89. The van der Waals surface area contributed by atoms with Gasteiger partial charge in [0, 0.05) is 13.2 Å². The third kappa shape index (κ3) is 2.24. The lowest BCUT2D eigenvalue weighted by atomic mass is 10.3. The van der Waals surface area contributed by atoms with Gasteiger partial charge in [-0.1, -0.05) is 11.6 Å². The zero-order chi connectivity index (χ0) is 13.4. The summed E-state index contributed by atoms with van der Waals surface area (Å²) in [4.78, 5) is 4.36. The minimum absolute atomic E-state index is 0.0413. The smallest absolute Gasteiger partial charge is 0.243 e. The molecular weight excluding hydrogens is 266 g/mol. The molecule has 0 fully saturated rings. The van der Waals surface area contributed by atoms with Crippen LogP contribution in [0.2, 0.25) is 5.02 Å². The summed E-state index contributed by atoms with van der Waals surface area (Å²) in [6.45, 7) is 1.97. The van der Waals surface area contributed by atoms with E-state index in [4.69, 9.17) is 11.6 Å². The molecule has 1 unspecified atom stereocenters. The van der Waals surface area contributed by atoms with Crippen LogP contribution in [0.3, 0.4) is 0 Å². The highest BCUT2D eigenvalue weighted by atomic mass is 35.5. The van der Waals surface area contributed by atoms with Crippen LogP contribution in [0.4, 0.5) is 5.95 Å². The second-order valence-electron chi connectivity index (χ2n) is 4.25. The van der Waals surface area contributed by atoms with Crippen LogP contribution in [0.5, 0.6) is 0 Å². The van der Waals surface area contributed by atoms with Crippen molar-refractivity contribution < 1.29 is 0 Å². The molecular formula is C11H12ClN7. The van der Waals surface area contributed by atoms with Crippen molar-refractivity contribution >= 4 is 23.2 Å². The number of fused-ring (bicyclic) bond motifs is 1. The second-order valence-corrected chi connectivity index (χ2v) is 4.69. The molecule has 0 amide bonds. The lowest BCUT2D eigenvalue weighted by Crippen LogP contribution is -2.12. The number of anilines is 1. The average molecular weight is 278 g/mol. The highest BCUT2D eigenvalue weighted by Crippen LogP contribution is 2.16. The number of hydrogen-bond donors (Lipinski definition) is 1. The molecule has 0 aliphatic carbocycles. The monoisotopic (exact) mass is 277 g/mol. The summed E-state index contributed by atoms with van der Waals surface area (Å²) in [6.07, 6.45) is 3.37. The van der Waals surface area contributed by atoms with Gasteiger partial charge in [-0.15, -0.1) is 15.3 Å². The normalized spacial score (nSPS) is 12.8. The minimum Gasteiger partial charge on any atom is -0.343 e. The molecule has 0 aliphatic rings. The van der Waals surface area contributed by atoms with Gasteiger partial charge in [-0.05, 0) is 19.1 Å². The SMILES string of the molecule is CC(Nc1nc2ccc(Cl)cn2n1)c1nncn1C. The molecule has 19 heavy (non-hydrogen) atoms. The molecule has 0 radical (unpaired) electrons. The van der Waals surface area contributed by atoms with Gasteiger partial charge in [-0.25, -0.2) is 4.52 Å². The molecule has 7 nitrogen and oxygen atoms in total. The number of nitrogens with one attached hydrogen (secondary N) is 1. The van der Waals surface area contributed by atoms with Gasteiger partial charge >= 0.3 is 0 Å². The summed E-state index contributed by atoms with van der Waals surface area (Å²) in [5.41, 5.74) is 0.733. The minimum atomic E-state index is -0.0413. The molecule has 98 valence electrons. The Kier molecular flexibility index (Phi) is 2.83. The predicted octanol–water partition coefficient (Wildman–Crippen LogP) is 1.68. The van der Waals surface area contributed by atoms with Gasteiger partial charge in [-0.3, -0.25) is 0 Å². The average Bonchev–Trinajstić information content (AvgIpc) is 2.94. The van der Waals surface area contributed by atoms with Gasteiger partial charge in [0.1, 0.15) is 6.33 Å². The maximum atomic E-state index is 5.91. The number of hydrogen-bond acceptors (Lipinski definition) is 5. The standard InChI is InChI=1S/C11H12ClN7/c1-7(10-16-13-6-18(10)2)14-11-15-9-4-3-8(12)5-19(9)17-11/h3-7H,1-2H3,(H,14,17). The molecule has 3 rings (SSSR count). The van der Waals surface area contributed by atoms with E-state index in [0.29, 0.717) is 11.0 Å². The van der Waals surface area contributed by atoms with Gasteiger partial charge in [0.05, 0.1) is 11.1 Å². The number of pyridine rings is 1. The Balaban J connectivity index is 1.87. The van der Waals surface area contributed by atoms with Gasteiger partial charge in [-0.2, -0.15) is 4.98 Å². The lowest BCUT2D eigenvalue weighted by Gasteiger charge is -2.10. The Labute approximate surface area is 114 Å². The highest BCUT2D eigenvalue weighted by Gasteiger charge is 2.13. The molecule has 0 saturated heterocycles. The van der Waals surface area contributed by atoms with Gasteiger partial charge in [0.25, 0.3) is 0 Å². The molecule has 0 saturated carbocycles. The van der Waals surface area contributed by atoms with E-state index in [2.05, 4.69) is 25.6 Å². The maximum Gasteiger partial charge on any atom is 0.243 e. The van der Waals surface area contributed by atoms with Crippen molar-refractivity contribution in [2.45, 2.75) is 13.0 Å². The molecule has 1 N–H and O–H groups in total. The van der Waals surface area contributed by atoms with Crippen molar-refractivity contribution in [3.8, 4) is 0 Å². The van der Waals surface area contributed by atoms with Gasteiger partial charge < -0.3 is 9.88 Å². The van der Waals surface area contributed by atoms with Gasteiger partial charge in [0.2, 0.25) is 5.95 Å². The third-order valence-electron chi connectivity index (χ3n) is 2.77. The predicted molar refractivity (Wildman–Crippen MR) is 71.0 cm³/mol. The van der Waals surface area contributed by atoms with E-state index in [1.807, 2.05) is 24.6 Å². The zero-order valence-electron chi connectivity index (χ0n) is 10.4. The van der Waals surface area contributed by atoms with Crippen LogP contribution >= 0.6 is 11.6 Å². The van der Waals surface area contributed by atoms with Crippen molar-refractivity contribution in [2.75, 3.05) is 5.32 Å². The fourth-order valence-corrected chi connectivity index (χ4v) is 2.02. The first kappa shape index (κ1) is 11.9. The van der Waals surface area contributed by atoms with Crippen LogP contribution in [-0.2, 0) is 7.05 Å². The molecule has 8 heteroatoms. The number of nitrogens with zero attached hydrogens (tertiary/aromatic N) is 6. The van der Waals surface area contributed by atoms with E-state index in [1.54, 1.807) is 23.1 Å².